The molecule has 3 saturated carbocycles. The third-order valence-corrected chi connectivity index (χ3v) is 5.21. The van der Waals surface area contributed by atoms with Gasteiger partial charge >= 0.3 is 0 Å². The van der Waals surface area contributed by atoms with Crippen LogP contribution >= 0.6 is 0 Å². The molecule has 2 heteroatoms. The highest BCUT2D eigenvalue weighted by Crippen LogP contribution is 2.62. The molecule has 4 unspecified atom stereocenters. The summed E-state index contributed by atoms with van der Waals surface area (Å²) in [6, 6.07) is 0. The summed E-state index contributed by atoms with van der Waals surface area (Å²) < 4.78 is 0. The Bertz CT molecular complexity index is 206. The molecule has 2 bridgehead atoms. The van der Waals surface area contributed by atoms with Gasteiger partial charge in [0.05, 0.1) is 0 Å². The maximum Gasteiger partial charge on any atom is 0.0462 e. The lowest BCUT2D eigenvalue weighted by molar-refractivity contribution is 0.125. The molecule has 0 aromatic rings. The Labute approximate surface area is 85.3 Å². The van der Waals surface area contributed by atoms with Gasteiger partial charge in [0.25, 0.3) is 0 Å². The summed E-state index contributed by atoms with van der Waals surface area (Å²) in [5.41, 5.74) is 0. The fourth-order valence-corrected chi connectivity index (χ4v) is 4.87. The molecule has 0 aromatic heterocycles. The van der Waals surface area contributed by atoms with E-state index in [1.807, 2.05) is 0 Å². The van der Waals surface area contributed by atoms with Crippen LogP contribution in [-0.4, -0.2) is 23.4 Å². The van der Waals surface area contributed by atoms with E-state index in [2.05, 4.69) is 0 Å². The summed E-state index contributed by atoms with van der Waals surface area (Å²) in [6.45, 7) is 0.696. The molecule has 3 aliphatic carbocycles. The van der Waals surface area contributed by atoms with Crippen LogP contribution in [0.25, 0.3) is 0 Å². The molecule has 2 nitrogen and oxygen atoms in total. The van der Waals surface area contributed by atoms with Crippen LogP contribution in [0.1, 0.15) is 25.7 Å². The van der Waals surface area contributed by atoms with Crippen LogP contribution in [0.4, 0.5) is 0 Å². The fraction of sp³-hybridized carbons (Fsp3) is 1.00. The molecule has 3 fully saturated rings. The molecule has 3 aliphatic rings. The second-order valence-corrected chi connectivity index (χ2v) is 5.61. The summed E-state index contributed by atoms with van der Waals surface area (Å²) in [5, 5.41) is 18.7. The smallest absolute Gasteiger partial charge is 0.0462 e. The zero-order valence-electron chi connectivity index (χ0n) is 8.60. The van der Waals surface area contributed by atoms with Crippen molar-refractivity contribution in [1.29, 1.82) is 0 Å². The van der Waals surface area contributed by atoms with Crippen LogP contribution in [0.3, 0.4) is 0 Å². The minimum atomic E-state index is 0.348. The van der Waals surface area contributed by atoms with Crippen LogP contribution in [0.15, 0.2) is 0 Å². The van der Waals surface area contributed by atoms with Crippen molar-refractivity contribution in [3.05, 3.63) is 0 Å². The van der Waals surface area contributed by atoms with Crippen LogP contribution in [0.5, 0.6) is 0 Å². The zero-order valence-corrected chi connectivity index (χ0v) is 8.60. The number of hydrogen-bond donors (Lipinski definition) is 2. The highest BCUT2D eigenvalue weighted by molar-refractivity contribution is 5.05. The van der Waals surface area contributed by atoms with Gasteiger partial charge in [0.15, 0.2) is 0 Å². The average Bonchev–Trinajstić information content (AvgIpc) is 2.88. The molecule has 0 spiro atoms. The fourth-order valence-electron chi connectivity index (χ4n) is 4.87. The maximum atomic E-state index is 9.37. The molecule has 0 radical (unpaired) electrons. The lowest BCUT2D eigenvalue weighted by atomic mass is 9.76. The van der Waals surface area contributed by atoms with Crippen molar-refractivity contribution in [1.82, 2.24) is 0 Å². The topological polar surface area (TPSA) is 40.5 Å². The van der Waals surface area contributed by atoms with Crippen LogP contribution in [0.2, 0.25) is 0 Å². The second kappa shape index (κ2) is 3.21. The van der Waals surface area contributed by atoms with Crippen molar-refractivity contribution in [3.63, 3.8) is 0 Å². The molecule has 0 aliphatic heterocycles. The van der Waals surface area contributed by atoms with E-state index in [0.717, 1.165) is 30.1 Å². The van der Waals surface area contributed by atoms with E-state index in [1.54, 1.807) is 0 Å². The number of aliphatic hydroxyl groups excluding tert-OH is 2. The van der Waals surface area contributed by atoms with Gasteiger partial charge in [-0.05, 0) is 61.2 Å². The van der Waals surface area contributed by atoms with Crippen LogP contribution in [0, 0.1) is 35.5 Å². The Morgan fingerprint density at radius 1 is 0.786 bits per heavy atom. The molecule has 3 rings (SSSR count). The summed E-state index contributed by atoms with van der Waals surface area (Å²) >= 11 is 0. The standard InChI is InChI=1S/C12H20O2/c13-5-9-4-10(6-14)12-8-2-1-7(3-8)11(9)12/h7-14H,1-6H2/t7-,8?,9?,10?,11-,12?/m0/s1. The van der Waals surface area contributed by atoms with Gasteiger partial charge in [0.1, 0.15) is 0 Å². The second-order valence-electron chi connectivity index (χ2n) is 5.61. The van der Waals surface area contributed by atoms with E-state index in [-0.39, 0.29) is 0 Å². The molecule has 0 saturated heterocycles. The number of rotatable bonds is 2. The first-order chi connectivity index (χ1) is 6.85. The molecule has 0 heterocycles. The summed E-state index contributed by atoms with van der Waals surface area (Å²) in [7, 11) is 0. The molecule has 80 valence electrons. The van der Waals surface area contributed by atoms with Crippen molar-refractivity contribution in [2.45, 2.75) is 25.7 Å². The SMILES string of the molecule is OCC1CC(CO)[C@H]2C1C1CC[C@H]2C1. The Morgan fingerprint density at radius 3 is 1.71 bits per heavy atom. The number of hydrogen-bond acceptors (Lipinski definition) is 2. The van der Waals surface area contributed by atoms with E-state index in [4.69, 9.17) is 0 Å². The Kier molecular flexibility index (Phi) is 2.10. The predicted molar refractivity (Wildman–Crippen MR) is 53.6 cm³/mol. The predicted octanol–water partition coefficient (Wildman–Crippen LogP) is 1.27. The largest absolute Gasteiger partial charge is 0.396 e. The Balaban J connectivity index is 1.86. The minimum Gasteiger partial charge on any atom is -0.396 e. The van der Waals surface area contributed by atoms with Gasteiger partial charge in [0, 0.05) is 13.2 Å². The Morgan fingerprint density at radius 2 is 1.29 bits per heavy atom. The quantitative estimate of drug-likeness (QED) is 0.698. The van der Waals surface area contributed by atoms with Gasteiger partial charge in [-0.25, -0.2) is 0 Å². The van der Waals surface area contributed by atoms with Crippen molar-refractivity contribution in [2.24, 2.45) is 35.5 Å². The van der Waals surface area contributed by atoms with E-state index in [0.29, 0.717) is 25.0 Å². The third-order valence-electron chi connectivity index (χ3n) is 5.21. The number of aliphatic hydroxyl groups is 2. The van der Waals surface area contributed by atoms with Crippen molar-refractivity contribution < 1.29 is 10.2 Å². The van der Waals surface area contributed by atoms with Crippen molar-refractivity contribution in [3.8, 4) is 0 Å². The molecule has 0 aromatic carbocycles. The lowest BCUT2D eigenvalue weighted by Gasteiger charge is -2.29. The Hall–Kier alpha value is -0.0800. The highest BCUT2D eigenvalue weighted by Gasteiger charge is 2.56. The molecule has 0 amide bonds. The minimum absolute atomic E-state index is 0.348. The van der Waals surface area contributed by atoms with Crippen molar-refractivity contribution >= 4 is 0 Å². The first-order valence-electron chi connectivity index (χ1n) is 6.07. The molecule has 6 atom stereocenters. The van der Waals surface area contributed by atoms with Gasteiger partial charge in [0.2, 0.25) is 0 Å². The molecular formula is C12H20O2. The highest BCUT2D eigenvalue weighted by atomic mass is 16.3. The van der Waals surface area contributed by atoms with Crippen molar-refractivity contribution in [2.75, 3.05) is 13.2 Å². The lowest BCUT2D eigenvalue weighted by Crippen LogP contribution is -2.26. The van der Waals surface area contributed by atoms with Gasteiger partial charge in [-0.2, -0.15) is 0 Å². The van der Waals surface area contributed by atoms with Crippen LogP contribution < -0.4 is 0 Å². The molecular weight excluding hydrogens is 176 g/mol. The summed E-state index contributed by atoms with van der Waals surface area (Å²) in [5.74, 6) is 4.31. The number of fused-ring (bicyclic) bond motifs is 5. The van der Waals surface area contributed by atoms with E-state index >= 15 is 0 Å². The molecule has 2 N–H and O–H groups in total. The van der Waals surface area contributed by atoms with Gasteiger partial charge in [-0.1, -0.05) is 0 Å². The molecule has 14 heavy (non-hydrogen) atoms. The first kappa shape index (κ1) is 9.17. The maximum absolute atomic E-state index is 9.37. The van der Waals surface area contributed by atoms with Crippen LogP contribution in [-0.2, 0) is 0 Å². The normalized spacial score (nSPS) is 55.3. The van der Waals surface area contributed by atoms with E-state index < -0.39 is 0 Å². The summed E-state index contributed by atoms with van der Waals surface area (Å²) in [4.78, 5) is 0. The van der Waals surface area contributed by atoms with E-state index in [1.165, 1.54) is 19.3 Å². The zero-order chi connectivity index (χ0) is 9.71. The monoisotopic (exact) mass is 196 g/mol. The summed E-state index contributed by atoms with van der Waals surface area (Å²) in [6.07, 6.45) is 5.25. The first-order valence-corrected chi connectivity index (χ1v) is 6.07. The van der Waals surface area contributed by atoms with Gasteiger partial charge in [-0.15, -0.1) is 0 Å². The average molecular weight is 196 g/mol. The third kappa shape index (κ3) is 1.04. The van der Waals surface area contributed by atoms with Gasteiger partial charge in [-0.3, -0.25) is 0 Å². The van der Waals surface area contributed by atoms with Gasteiger partial charge < -0.3 is 10.2 Å². The van der Waals surface area contributed by atoms with E-state index in [9.17, 15) is 10.2 Å².